The third-order valence-corrected chi connectivity index (χ3v) is 3.22. The summed E-state index contributed by atoms with van der Waals surface area (Å²) in [6, 6.07) is 3.90. The van der Waals surface area contributed by atoms with Gasteiger partial charge in [-0.05, 0) is 24.1 Å². The number of hydrogen-bond donors (Lipinski definition) is 0. The van der Waals surface area contributed by atoms with Crippen LogP contribution in [0.15, 0.2) is 18.7 Å². The number of benzene rings is 1. The number of amides is 1. The molecule has 2 aliphatic heterocycles. The van der Waals surface area contributed by atoms with Gasteiger partial charge in [0.1, 0.15) is 0 Å². The maximum atomic E-state index is 11.5. The molecule has 3 rings (SSSR count). The van der Waals surface area contributed by atoms with Gasteiger partial charge < -0.3 is 14.4 Å². The molecule has 4 heteroatoms. The Labute approximate surface area is 99.4 Å². The molecule has 0 unspecified atom stereocenters. The van der Waals surface area contributed by atoms with Gasteiger partial charge in [-0.2, -0.15) is 0 Å². The summed E-state index contributed by atoms with van der Waals surface area (Å²) in [7, 11) is 0. The molecule has 0 aliphatic carbocycles. The van der Waals surface area contributed by atoms with Crippen LogP contribution in [-0.2, 0) is 11.2 Å². The fraction of sp³-hybridized carbons (Fsp3) is 0.308. The van der Waals surface area contributed by atoms with Crippen LogP contribution in [0.2, 0.25) is 0 Å². The fourth-order valence-electron chi connectivity index (χ4n) is 2.32. The molecule has 0 radical (unpaired) electrons. The van der Waals surface area contributed by atoms with Gasteiger partial charge in [-0.3, -0.25) is 4.79 Å². The first kappa shape index (κ1) is 10.2. The first-order valence-corrected chi connectivity index (χ1v) is 5.56. The van der Waals surface area contributed by atoms with Crippen molar-refractivity contribution in [2.45, 2.75) is 13.3 Å². The molecule has 0 bridgehead atoms. The van der Waals surface area contributed by atoms with Crippen molar-refractivity contribution < 1.29 is 14.3 Å². The maximum absolute atomic E-state index is 11.5. The Hall–Kier alpha value is -1.97. The SMILES string of the molecule is C=C1c2cc3c(cc2CCN1C(C)=O)OCO3. The molecule has 0 spiro atoms. The zero-order chi connectivity index (χ0) is 12.0. The Morgan fingerprint density at radius 3 is 2.76 bits per heavy atom. The van der Waals surface area contributed by atoms with E-state index in [2.05, 4.69) is 6.58 Å². The zero-order valence-electron chi connectivity index (χ0n) is 9.66. The topological polar surface area (TPSA) is 38.8 Å². The van der Waals surface area contributed by atoms with Gasteiger partial charge in [-0.1, -0.05) is 6.58 Å². The van der Waals surface area contributed by atoms with Crippen molar-refractivity contribution in [3.8, 4) is 11.5 Å². The zero-order valence-corrected chi connectivity index (χ0v) is 9.66. The Morgan fingerprint density at radius 2 is 2.06 bits per heavy atom. The summed E-state index contributed by atoms with van der Waals surface area (Å²) < 4.78 is 10.7. The number of ether oxygens (including phenoxy) is 2. The normalized spacial score (nSPS) is 17.0. The third kappa shape index (κ3) is 1.48. The van der Waals surface area contributed by atoms with E-state index in [1.807, 2.05) is 12.1 Å². The van der Waals surface area contributed by atoms with E-state index in [1.54, 1.807) is 11.8 Å². The van der Waals surface area contributed by atoms with E-state index < -0.39 is 0 Å². The van der Waals surface area contributed by atoms with Gasteiger partial charge >= 0.3 is 0 Å². The van der Waals surface area contributed by atoms with Crippen LogP contribution in [0.25, 0.3) is 5.70 Å². The average molecular weight is 231 g/mol. The number of rotatable bonds is 0. The summed E-state index contributed by atoms with van der Waals surface area (Å²) in [4.78, 5) is 13.2. The van der Waals surface area contributed by atoms with Crippen LogP contribution in [0, 0.1) is 0 Å². The third-order valence-electron chi connectivity index (χ3n) is 3.22. The van der Waals surface area contributed by atoms with Gasteiger partial charge in [0.25, 0.3) is 0 Å². The van der Waals surface area contributed by atoms with Crippen molar-refractivity contribution in [1.29, 1.82) is 0 Å². The van der Waals surface area contributed by atoms with Gasteiger partial charge in [-0.25, -0.2) is 0 Å². The molecule has 0 atom stereocenters. The second-order valence-corrected chi connectivity index (χ2v) is 4.23. The molecule has 88 valence electrons. The Kier molecular flexibility index (Phi) is 2.11. The predicted octanol–water partition coefficient (Wildman–Crippen LogP) is 1.79. The summed E-state index contributed by atoms with van der Waals surface area (Å²) in [6.07, 6.45) is 0.824. The van der Waals surface area contributed by atoms with Gasteiger partial charge in [-0.15, -0.1) is 0 Å². The monoisotopic (exact) mass is 231 g/mol. The first-order valence-electron chi connectivity index (χ1n) is 5.56. The number of hydrogen-bond acceptors (Lipinski definition) is 3. The van der Waals surface area contributed by atoms with Crippen LogP contribution in [0.5, 0.6) is 11.5 Å². The molecule has 0 aromatic heterocycles. The number of carbonyl (C=O) groups excluding carboxylic acids is 1. The van der Waals surface area contributed by atoms with E-state index in [-0.39, 0.29) is 12.7 Å². The molecule has 2 heterocycles. The van der Waals surface area contributed by atoms with E-state index in [0.29, 0.717) is 6.54 Å². The molecule has 0 N–H and O–H groups in total. The van der Waals surface area contributed by atoms with E-state index in [1.165, 1.54) is 0 Å². The Bertz CT molecular complexity index is 522. The summed E-state index contributed by atoms with van der Waals surface area (Å²) in [5, 5.41) is 0. The molecule has 17 heavy (non-hydrogen) atoms. The second-order valence-electron chi connectivity index (χ2n) is 4.23. The van der Waals surface area contributed by atoms with Crippen molar-refractivity contribution in [3.05, 3.63) is 29.8 Å². The molecule has 1 aromatic carbocycles. The number of fused-ring (bicyclic) bond motifs is 2. The van der Waals surface area contributed by atoms with Crippen LogP contribution in [0.4, 0.5) is 0 Å². The maximum Gasteiger partial charge on any atom is 0.231 e. The lowest BCUT2D eigenvalue weighted by Crippen LogP contribution is -2.32. The lowest BCUT2D eigenvalue weighted by molar-refractivity contribution is -0.125. The quantitative estimate of drug-likeness (QED) is 0.683. The van der Waals surface area contributed by atoms with E-state index in [9.17, 15) is 4.79 Å². The second kappa shape index (κ2) is 3.52. The molecule has 0 fully saturated rings. The van der Waals surface area contributed by atoms with Crippen LogP contribution < -0.4 is 9.47 Å². The van der Waals surface area contributed by atoms with Crippen LogP contribution in [-0.4, -0.2) is 24.1 Å². The van der Waals surface area contributed by atoms with Crippen molar-refractivity contribution >= 4 is 11.6 Å². The molecule has 1 amide bonds. The number of carbonyl (C=O) groups is 1. The largest absolute Gasteiger partial charge is 0.454 e. The highest BCUT2D eigenvalue weighted by Gasteiger charge is 2.25. The standard InChI is InChI=1S/C13H13NO3/c1-8-11-6-13-12(16-7-17-13)5-10(11)3-4-14(8)9(2)15/h5-6H,1,3-4,7H2,2H3. The minimum atomic E-state index is 0.0262. The van der Waals surface area contributed by atoms with Crippen molar-refractivity contribution in [2.75, 3.05) is 13.3 Å². The molecular formula is C13H13NO3. The highest BCUT2D eigenvalue weighted by molar-refractivity contribution is 5.86. The van der Waals surface area contributed by atoms with Crippen molar-refractivity contribution in [2.24, 2.45) is 0 Å². The average Bonchev–Trinajstić information content (AvgIpc) is 2.73. The first-order chi connectivity index (χ1) is 8.16. The van der Waals surface area contributed by atoms with Gasteiger partial charge in [0, 0.05) is 24.7 Å². The Morgan fingerprint density at radius 1 is 1.35 bits per heavy atom. The summed E-state index contributed by atoms with van der Waals surface area (Å²) in [6.45, 7) is 6.50. The summed E-state index contributed by atoms with van der Waals surface area (Å²) >= 11 is 0. The van der Waals surface area contributed by atoms with E-state index in [4.69, 9.17) is 9.47 Å². The number of nitrogens with zero attached hydrogens (tertiary/aromatic N) is 1. The van der Waals surface area contributed by atoms with Crippen LogP contribution in [0.1, 0.15) is 18.1 Å². The van der Waals surface area contributed by atoms with Crippen molar-refractivity contribution in [3.63, 3.8) is 0 Å². The van der Waals surface area contributed by atoms with E-state index >= 15 is 0 Å². The van der Waals surface area contributed by atoms with Gasteiger partial charge in [0.05, 0.1) is 0 Å². The molecule has 0 saturated heterocycles. The summed E-state index contributed by atoms with van der Waals surface area (Å²) in [5.74, 6) is 1.54. The molecule has 4 nitrogen and oxygen atoms in total. The summed E-state index contributed by atoms with van der Waals surface area (Å²) in [5.41, 5.74) is 2.89. The Balaban J connectivity index is 2.06. The van der Waals surface area contributed by atoms with Crippen molar-refractivity contribution in [1.82, 2.24) is 4.90 Å². The molecule has 1 aromatic rings. The smallest absolute Gasteiger partial charge is 0.231 e. The van der Waals surface area contributed by atoms with Gasteiger partial charge in [0.2, 0.25) is 12.7 Å². The molecule has 0 saturated carbocycles. The minimum absolute atomic E-state index is 0.0262. The highest BCUT2D eigenvalue weighted by Crippen LogP contribution is 2.39. The minimum Gasteiger partial charge on any atom is -0.454 e. The fourth-order valence-corrected chi connectivity index (χ4v) is 2.32. The highest BCUT2D eigenvalue weighted by atomic mass is 16.7. The van der Waals surface area contributed by atoms with Gasteiger partial charge in [0.15, 0.2) is 11.5 Å². The van der Waals surface area contributed by atoms with E-state index in [0.717, 1.165) is 34.7 Å². The lowest BCUT2D eigenvalue weighted by Gasteiger charge is -2.30. The molecule has 2 aliphatic rings. The van der Waals surface area contributed by atoms with Crippen LogP contribution in [0.3, 0.4) is 0 Å². The lowest BCUT2D eigenvalue weighted by atomic mass is 9.96. The molecular weight excluding hydrogens is 218 g/mol. The van der Waals surface area contributed by atoms with Crippen LogP contribution >= 0.6 is 0 Å². The predicted molar refractivity (Wildman–Crippen MR) is 62.7 cm³/mol.